The van der Waals surface area contributed by atoms with Crippen molar-refractivity contribution in [2.75, 3.05) is 12.4 Å². The summed E-state index contributed by atoms with van der Waals surface area (Å²) in [4.78, 5) is 25.4. The van der Waals surface area contributed by atoms with Crippen LogP contribution in [0.3, 0.4) is 0 Å². The van der Waals surface area contributed by atoms with Crippen molar-refractivity contribution in [3.05, 3.63) is 94.0 Å². The molecule has 188 valence electrons. The first kappa shape index (κ1) is 25.7. The maximum Gasteiger partial charge on any atom is 0.338 e. The lowest BCUT2D eigenvalue weighted by Gasteiger charge is -2.36. The van der Waals surface area contributed by atoms with Crippen molar-refractivity contribution in [1.29, 1.82) is 0 Å². The summed E-state index contributed by atoms with van der Waals surface area (Å²) >= 11 is 6.29. The van der Waals surface area contributed by atoms with Crippen molar-refractivity contribution in [2.24, 2.45) is 0 Å². The van der Waals surface area contributed by atoms with Crippen LogP contribution in [0, 0.1) is 0 Å². The molecule has 4 rings (SSSR count). The van der Waals surface area contributed by atoms with E-state index >= 15 is 0 Å². The lowest BCUT2D eigenvalue weighted by Crippen LogP contribution is -2.47. The number of anilines is 1. The number of ether oxygens (including phenoxy) is 2. The number of carbonyl (C=O) groups excluding carboxylic acids is 2. The summed E-state index contributed by atoms with van der Waals surface area (Å²) in [5.41, 5.74) is 1.14. The van der Waals surface area contributed by atoms with Gasteiger partial charge in [-0.2, -0.15) is 0 Å². The van der Waals surface area contributed by atoms with E-state index in [4.69, 9.17) is 21.1 Å². The number of aryl methyl sites for hydroxylation is 1. The molecular formula is C29H30ClNO5. The first-order valence-electron chi connectivity index (χ1n) is 11.8. The lowest BCUT2D eigenvalue weighted by atomic mass is 9.73. The molecule has 1 amide bonds. The molecular weight excluding hydrogens is 478 g/mol. The molecule has 7 heteroatoms. The summed E-state index contributed by atoms with van der Waals surface area (Å²) in [7, 11) is 1.58. The van der Waals surface area contributed by atoms with Gasteiger partial charge in [-0.1, -0.05) is 55.8 Å². The zero-order valence-corrected chi connectivity index (χ0v) is 21.4. The SMILES string of the molecule is COc1ccc(Cl)cc1C(C)(C)CC(O)(CCc1ccccc1)C(=O)Nc1ccc2c(c1)COC2=O. The van der Waals surface area contributed by atoms with Gasteiger partial charge >= 0.3 is 5.97 Å². The van der Waals surface area contributed by atoms with Crippen molar-refractivity contribution in [3.63, 3.8) is 0 Å². The second-order valence-corrected chi connectivity index (χ2v) is 10.3. The molecule has 0 saturated carbocycles. The van der Waals surface area contributed by atoms with E-state index in [0.717, 1.165) is 11.1 Å². The van der Waals surface area contributed by atoms with E-state index in [2.05, 4.69) is 5.32 Å². The lowest BCUT2D eigenvalue weighted by molar-refractivity contribution is -0.137. The molecule has 0 bridgehead atoms. The van der Waals surface area contributed by atoms with Gasteiger partial charge in [-0.15, -0.1) is 0 Å². The van der Waals surface area contributed by atoms with Gasteiger partial charge in [0.1, 0.15) is 18.0 Å². The van der Waals surface area contributed by atoms with Crippen LogP contribution < -0.4 is 10.1 Å². The van der Waals surface area contributed by atoms with Crippen molar-refractivity contribution in [2.45, 2.75) is 50.7 Å². The highest BCUT2D eigenvalue weighted by atomic mass is 35.5. The molecule has 3 aromatic carbocycles. The Morgan fingerprint density at radius 2 is 1.86 bits per heavy atom. The number of hydrogen-bond acceptors (Lipinski definition) is 5. The van der Waals surface area contributed by atoms with Gasteiger partial charge in [0.2, 0.25) is 0 Å². The largest absolute Gasteiger partial charge is 0.496 e. The average molecular weight is 508 g/mol. The number of carbonyl (C=O) groups is 2. The molecule has 1 heterocycles. The number of methoxy groups -OCH3 is 1. The van der Waals surface area contributed by atoms with E-state index in [9.17, 15) is 14.7 Å². The van der Waals surface area contributed by atoms with Gasteiger partial charge in [0.25, 0.3) is 5.91 Å². The summed E-state index contributed by atoms with van der Waals surface area (Å²) in [6.45, 7) is 4.08. The van der Waals surface area contributed by atoms with Crippen LogP contribution in [0.1, 0.15) is 53.7 Å². The molecule has 1 atom stereocenters. The van der Waals surface area contributed by atoms with Gasteiger partial charge in [-0.25, -0.2) is 4.79 Å². The molecule has 0 spiro atoms. The van der Waals surface area contributed by atoms with Gasteiger partial charge < -0.3 is 19.9 Å². The van der Waals surface area contributed by atoms with Crippen LogP contribution in [0.2, 0.25) is 5.02 Å². The number of aliphatic hydroxyl groups is 1. The normalized spacial score (nSPS) is 14.5. The van der Waals surface area contributed by atoms with Crippen LogP contribution in [0.4, 0.5) is 5.69 Å². The molecule has 0 aromatic heterocycles. The Labute approximate surface area is 216 Å². The van der Waals surface area contributed by atoms with Crippen LogP contribution in [0.5, 0.6) is 5.75 Å². The molecule has 0 aliphatic carbocycles. The summed E-state index contributed by atoms with van der Waals surface area (Å²) in [5, 5.41) is 15.3. The van der Waals surface area contributed by atoms with Crippen LogP contribution in [0.25, 0.3) is 0 Å². The van der Waals surface area contributed by atoms with Gasteiger partial charge in [0.15, 0.2) is 0 Å². The Kier molecular flexibility index (Phi) is 7.38. The third kappa shape index (κ3) is 5.55. The van der Waals surface area contributed by atoms with Gasteiger partial charge in [-0.3, -0.25) is 4.79 Å². The first-order valence-corrected chi connectivity index (χ1v) is 12.2. The number of nitrogens with one attached hydrogen (secondary N) is 1. The average Bonchev–Trinajstić information content (AvgIpc) is 3.23. The predicted octanol–water partition coefficient (Wildman–Crippen LogP) is 5.69. The zero-order valence-electron chi connectivity index (χ0n) is 20.6. The Morgan fingerprint density at radius 3 is 2.58 bits per heavy atom. The van der Waals surface area contributed by atoms with Crippen LogP contribution >= 0.6 is 11.6 Å². The number of amides is 1. The Morgan fingerprint density at radius 1 is 1.11 bits per heavy atom. The molecule has 1 aliphatic heterocycles. The molecule has 1 unspecified atom stereocenters. The van der Waals surface area contributed by atoms with Gasteiger partial charge in [0, 0.05) is 21.8 Å². The van der Waals surface area contributed by atoms with E-state index in [1.54, 1.807) is 37.4 Å². The van der Waals surface area contributed by atoms with Gasteiger partial charge in [-0.05, 0) is 66.6 Å². The second kappa shape index (κ2) is 10.3. The topological polar surface area (TPSA) is 84.9 Å². The standard InChI is InChI=1S/C29H30ClNO5/c1-28(2,24-16-21(30)9-12-25(24)35-3)18-29(34,14-13-19-7-5-4-6-8-19)27(33)31-22-10-11-23-20(15-22)17-36-26(23)32/h4-12,15-16,34H,13-14,17-18H2,1-3H3,(H,31,33). The molecule has 6 nitrogen and oxygen atoms in total. The minimum absolute atomic E-state index is 0.127. The van der Waals surface area contributed by atoms with E-state index in [-0.39, 0.29) is 25.4 Å². The third-order valence-electron chi connectivity index (χ3n) is 6.66. The van der Waals surface area contributed by atoms with E-state index in [0.29, 0.717) is 34.0 Å². The Bertz CT molecular complexity index is 1270. The van der Waals surface area contributed by atoms with Crippen LogP contribution in [0.15, 0.2) is 66.7 Å². The minimum atomic E-state index is -1.71. The fourth-order valence-electron chi connectivity index (χ4n) is 4.77. The highest BCUT2D eigenvalue weighted by Gasteiger charge is 2.42. The summed E-state index contributed by atoms with van der Waals surface area (Å²) in [6.07, 6.45) is 0.851. The highest BCUT2D eigenvalue weighted by molar-refractivity contribution is 6.30. The maximum absolute atomic E-state index is 13.6. The van der Waals surface area contributed by atoms with Gasteiger partial charge in [0.05, 0.1) is 12.7 Å². The number of cyclic esters (lactones) is 1. The third-order valence-corrected chi connectivity index (χ3v) is 6.89. The Balaban J connectivity index is 1.63. The number of fused-ring (bicyclic) bond motifs is 1. The molecule has 36 heavy (non-hydrogen) atoms. The summed E-state index contributed by atoms with van der Waals surface area (Å²) in [6, 6.07) is 20.1. The first-order chi connectivity index (χ1) is 17.1. The molecule has 0 fully saturated rings. The molecule has 1 aliphatic rings. The predicted molar refractivity (Wildman–Crippen MR) is 140 cm³/mol. The molecule has 2 N–H and O–H groups in total. The summed E-state index contributed by atoms with van der Waals surface area (Å²) in [5.74, 6) is -0.254. The van der Waals surface area contributed by atoms with Crippen LogP contribution in [-0.4, -0.2) is 29.7 Å². The van der Waals surface area contributed by atoms with E-state index in [1.165, 1.54) is 0 Å². The monoisotopic (exact) mass is 507 g/mol. The zero-order chi connectivity index (χ0) is 25.9. The van der Waals surface area contributed by atoms with Crippen molar-refractivity contribution >= 4 is 29.2 Å². The molecule has 3 aromatic rings. The number of halogens is 1. The summed E-state index contributed by atoms with van der Waals surface area (Å²) < 4.78 is 10.6. The van der Waals surface area contributed by atoms with Crippen molar-refractivity contribution < 1.29 is 24.2 Å². The minimum Gasteiger partial charge on any atom is -0.496 e. The van der Waals surface area contributed by atoms with Crippen molar-refractivity contribution in [1.82, 2.24) is 0 Å². The fourth-order valence-corrected chi connectivity index (χ4v) is 4.94. The maximum atomic E-state index is 13.6. The molecule has 0 saturated heterocycles. The molecule has 0 radical (unpaired) electrons. The fraction of sp³-hybridized carbons (Fsp3) is 0.310. The number of rotatable bonds is 9. The highest BCUT2D eigenvalue weighted by Crippen LogP contribution is 2.41. The van der Waals surface area contributed by atoms with Crippen LogP contribution in [-0.2, 0) is 28.0 Å². The van der Waals surface area contributed by atoms with Crippen molar-refractivity contribution in [3.8, 4) is 5.75 Å². The number of esters is 1. The second-order valence-electron chi connectivity index (χ2n) is 9.82. The number of benzene rings is 3. The smallest absolute Gasteiger partial charge is 0.338 e. The number of hydrogen-bond donors (Lipinski definition) is 2. The quantitative estimate of drug-likeness (QED) is 0.363. The van der Waals surface area contributed by atoms with E-state index in [1.807, 2.05) is 50.2 Å². The van der Waals surface area contributed by atoms with E-state index < -0.39 is 16.9 Å². The Hall–Kier alpha value is -3.35.